The van der Waals surface area contributed by atoms with Gasteiger partial charge < -0.3 is 10.4 Å². The van der Waals surface area contributed by atoms with E-state index in [-0.39, 0.29) is 12.0 Å². The highest BCUT2D eigenvalue weighted by molar-refractivity contribution is 5.35. The highest BCUT2D eigenvalue weighted by Crippen LogP contribution is 2.28. The van der Waals surface area contributed by atoms with Crippen molar-refractivity contribution < 1.29 is 5.11 Å². The second kappa shape index (κ2) is 6.93. The maximum atomic E-state index is 9.30. The molecule has 2 atom stereocenters. The quantitative estimate of drug-likeness (QED) is 0.858. The Kier molecular flexibility index (Phi) is 5.45. The molecule has 21 heavy (non-hydrogen) atoms. The molecule has 1 aliphatic carbocycles. The zero-order valence-electron chi connectivity index (χ0n) is 14.1. The molecule has 0 saturated heterocycles. The smallest absolute Gasteiger partial charge is 0.0446 e. The third-order valence-corrected chi connectivity index (χ3v) is 4.79. The summed E-state index contributed by atoms with van der Waals surface area (Å²) in [6, 6.07) is 7.65. The van der Waals surface area contributed by atoms with E-state index in [1.165, 1.54) is 31.2 Å². The van der Waals surface area contributed by atoms with Crippen LogP contribution in [0.15, 0.2) is 18.2 Å². The summed E-state index contributed by atoms with van der Waals surface area (Å²) >= 11 is 0. The largest absolute Gasteiger partial charge is 0.396 e. The van der Waals surface area contributed by atoms with Gasteiger partial charge in [-0.3, -0.25) is 0 Å². The first kappa shape index (κ1) is 16.5. The minimum absolute atomic E-state index is 0.158. The fourth-order valence-electron chi connectivity index (χ4n) is 3.32. The van der Waals surface area contributed by atoms with Crippen molar-refractivity contribution >= 4 is 0 Å². The molecule has 0 radical (unpaired) electrons. The molecule has 0 aliphatic heterocycles. The molecular formula is C19H31NO. The number of hydrogen-bond acceptors (Lipinski definition) is 2. The summed E-state index contributed by atoms with van der Waals surface area (Å²) in [6.07, 6.45) is 5.94. The number of hydrogen-bond donors (Lipinski definition) is 2. The van der Waals surface area contributed by atoms with Crippen LogP contribution >= 0.6 is 0 Å². The minimum atomic E-state index is 0.158. The summed E-state index contributed by atoms with van der Waals surface area (Å²) < 4.78 is 0. The van der Waals surface area contributed by atoms with Crippen LogP contribution in [-0.4, -0.2) is 17.8 Å². The molecule has 2 nitrogen and oxygen atoms in total. The average molecular weight is 289 g/mol. The molecule has 1 aromatic carbocycles. The van der Waals surface area contributed by atoms with Crippen molar-refractivity contribution in [1.29, 1.82) is 0 Å². The van der Waals surface area contributed by atoms with Crippen LogP contribution in [0.4, 0.5) is 0 Å². The molecule has 1 aliphatic rings. The molecule has 0 aromatic heterocycles. The van der Waals surface area contributed by atoms with Crippen LogP contribution in [-0.2, 0) is 12.8 Å². The van der Waals surface area contributed by atoms with E-state index >= 15 is 0 Å². The molecule has 118 valence electrons. The topological polar surface area (TPSA) is 32.3 Å². The van der Waals surface area contributed by atoms with Gasteiger partial charge in [-0.1, -0.05) is 39.0 Å². The van der Waals surface area contributed by atoms with Crippen molar-refractivity contribution in [2.75, 3.05) is 6.61 Å². The van der Waals surface area contributed by atoms with E-state index in [0.717, 1.165) is 6.42 Å². The molecule has 0 saturated carbocycles. The lowest BCUT2D eigenvalue weighted by atomic mass is 9.83. The van der Waals surface area contributed by atoms with Crippen molar-refractivity contribution in [2.24, 2.45) is 5.41 Å². The Bertz CT molecular complexity index is 461. The van der Waals surface area contributed by atoms with Crippen molar-refractivity contribution in [3.05, 3.63) is 34.9 Å². The average Bonchev–Trinajstić information content (AvgIpc) is 2.45. The monoisotopic (exact) mass is 289 g/mol. The predicted octanol–water partition coefficient (Wildman–Crippen LogP) is 4.01. The molecule has 0 spiro atoms. The van der Waals surface area contributed by atoms with Gasteiger partial charge in [-0.25, -0.2) is 0 Å². The SMILES string of the molecule is CC(NC(CCO)C(C)(C)C)c1ccc2c(c1)CCCC2. The Morgan fingerprint density at radius 2 is 1.81 bits per heavy atom. The van der Waals surface area contributed by atoms with E-state index in [4.69, 9.17) is 0 Å². The van der Waals surface area contributed by atoms with Crippen molar-refractivity contribution in [1.82, 2.24) is 5.32 Å². The summed E-state index contributed by atoms with van der Waals surface area (Å²) in [7, 11) is 0. The third-order valence-electron chi connectivity index (χ3n) is 4.79. The summed E-state index contributed by atoms with van der Waals surface area (Å²) in [5, 5.41) is 13.0. The molecule has 0 heterocycles. The van der Waals surface area contributed by atoms with Crippen LogP contribution in [0.25, 0.3) is 0 Å². The van der Waals surface area contributed by atoms with E-state index in [0.29, 0.717) is 12.1 Å². The lowest BCUT2D eigenvalue weighted by Crippen LogP contribution is -2.42. The number of fused-ring (bicyclic) bond motifs is 1. The number of aryl methyl sites for hydroxylation is 2. The minimum Gasteiger partial charge on any atom is -0.396 e. The van der Waals surface area contributed by atoms with E-state index in [1.54, 1.807) is 11.1 Å². The van der Waals surface area contributed by atoms with Gasteiger partial charge in [0.1, 0.15) is 0 Å². The van der Waals surface area contributed by atoms with Crippen molar-refractivity contribution in [3.8, 4) is 0 Å². The van der Waals surface area contributed by atoms with Crippen LogP contribution < -0.4 is 5.32 Å². The van der Waals surface area contributed by atoms with E-state index in [2.05, 4.69) is 51.2 Å². The third kappa shape index (κ3) is 4.31. The molecular weight excluding hydrogens is 258 g/mol. The molecule has 2 unspecified atom stereocenters. The van der Waals surface area contributed by atoms with Gasteiger partial charge in [0.15, 0.2) is 0 Å². The molecule has 0 amide bonds. The van der Waals surface area contributed by atoms with Crippen LogP contribution in [0.3, 0.4) is 0 Å². The van der Waals surface area contributed by atoms with Crippen LogP contribution in [0.1, 0.15) is 69.7 Å². The van der Waals surface area contributed by atoms with Gasteiger partial charge in [0.05, 0.1) is 0 Å². The zero-order chi connectivity index (χ0) is 15.5. The van der Waals surface area contributed by atoms with Gasteiger partial charge in [-0.05, 0) is 61.1 Å². The van der Waals surface area contributed by atoms with E-state index in [9.17, 15) is 5.11 Å². The van der Waals surface area contributed by atoms with E-state index in [1.807, 2.05) is 0 Å². The summed E-state index contributed by atoms with van der Waals surface area (Å²) in [4.78, 5) is 0. The van der Waals surface area contributed by atoms with Gasteiger partial charge in [0, 0.05) is 18.7 Å². The molecule has 1 aromatic rings. The zero-order valence-corrected chi connectivity index (χ0v) is 14.1. The fourth-order valence-corrected chi connectivity index (χ4v) is 3.32. The van der Waals surface area contributed by atoms with Gasteiger partial charge in [0.25, 0.3) is 0 Å². The lowest BCUT2D eigenvalue weighted by Gasteiger charge is -2.34. The summed E-state index contributed by atoms with van der Waals surface area (Å²) in [5.74, 6) is 0. The molecule has 2 rings (SSSR count). The first-order valence-corrected chi connectivity index (χ1v) is 8.40. The first-order valence-electron chi connectivity index (χ1n) is 8.40. The van der Waals surface area contributed by atoms with Crippen LogP contribution in [0.2, 0.25) is 0 Å². The number of aliphatic hydroxyl groups is 1. The summed E-state index contributed by atoms with van der Waals surface area (Å²) in [6.45, 7) is 9.19. The Hall–Kier alpha value is -0.860. The molecule has 0 fully saturated rings. The number of benzene rings is 1. The number of aliphatic hydroxyl groups excluding tert-OH is 1. The van der Waals surface area contributed by atoms with Gasteiger partial charge >= 0.3 is 0 Å². The molecule has 2 N–H and O–H groups in total. The Balaban J connectivity index is 2.10. The van der Waals surface area contributed by atoms with Gasteiger partial charge in [0.2, 0.25) is 0 Å². The van der Waals surface area contributed by atoms with Gasteiger partial charge in [-0.15, -0.1) is 0 Å². The normalized spacial score (nSPS) is 18.1. The van der Waals surface area contributed by atoms with Crippen LogP contribution in [0.5, 0.6) is 0 Å². The maximum Gasteiger partial charge on any atom is 0.0446 e. The fraction of sp³-hybridized carbons (Fsp3) is 0.684. The highest BCUT2D eigenvalue weighted by atomic mass is 16.3. The standard InChI is InChI=1S/C19H31NO/c1-14(20-18(11-12-21)19(2,3)4)16-10-9-15-7-5-6-8-17(15)13-16/h9-10,13-14,18,20-21H,5-8,11-12H2,1-4H3. The highest BCUT2D eigenvalue weighted by Gasteiger charge is 2.25. The Morgan fingerprint density at radius 1 is 1.14 bits per heavy atom. The van der Waals surface area contributed by atoms with Crippen LogP contribution in [0, 0.1) is 5.41 Å². The molecule has 2 heteroatoms. The second-order valence-electron chi connectivity index (χ2n) is 7.55. The van der Waals surface area contributed by atoms with Gasteiger partial charge in [-0.2, -0.15) is 0 Å². The van der Waals surface area contributed by atoms with Crippen molar-refractivity contribution in [3.63, 3.8) is 0 Å². The maximum absolute atomic E-state index is 9.30. The van der Waals surface area contributed by atoms with Crippen molar-refractivity contribution in [2.45, 2.75) is 71.9 Å². The Morgan fingerprint density at radius 3 is 2.43 bits per heavy atom. The predicted molar refractivity (Wildman–Crippen MR) is 89.6 cm³/mol. The lowest BCUT2D eigenvalue weighted by molar-refractivity contribution is 0.188. The Labute approximate surface area is 130 Å². The number of rotatable bonds is 5. The molecule has 0 bridgehead atoms. The first-order chi connectivity index (χ1) is 9.91. The second-order valence-corrected chi connectivity index (χ2v) is 7.55. The summed E-state index contributed by atoms with van der Waals surface area (Å²) in [5.41, 5.74) is 4.62. The number of nitrogens with one attached hydrogen (secondary N) is 1. The van der Waals surface area contributed by atoms with E-state index < -0.39 is 0 Å².